The Morgan fingerprint density at radius 1 is 1.06 bits per heavy atom. The largest absolute Gasteiger partial charge is 0.466 e. The number of carbonyl (C=O) groups is 1. The number of hydrogen-bond donors (Lipinski definition) is 1. The lowest BCUT2D eigenvalue weighted by Gasteiger charge is -2.02. The van der Waals surface area contributed by atoms with Crippen LogP contribution in [0.5, 0.6) is 0 Å². The molecule has 0 aromatic rings. The Morgan fingerprint density at radius 3 is 2.12 bits per heavy atom. The smallest absolute Gasteiger partial charge is 0.305 e. The van der Waals surface area contributed by atoms with Gasteiger partial charge in [0.2, 0.25) is 0 Å². The van der Waals surface area contributed by atoms with Crippen molar-refractivity contribution in [3.63, 3.8) is 0 Å². The molecule has 6 heteroatoms. The van der Waals surface area contributed by atoms with Crippen molar-refractivity contribution in [2.24, 2.45) is 0 Å². The number of esters is 1. The molecular formula is C11H22O5S. The van der Waals surface area contributed by atoms with Gasteiger partial charge in [-0.05, 0) is 19.8 Å². The van der Waals surface area contributed by atoms with E-state index < -0.39 is 10.1 Å². The summed E-state index contributed by atoms with van der Waals surface area (Å²) in [6.07, 6.45) is 5.42. The second kappa shape index (κ2) is 9.41. The first kappa shape index (κ1) is 16.4. The summed E-state index contributed by atoms with van der Waals surface area (Å²) < 4.78 is 34.1. The standard InChI is InChI=1S/C11H22O5S/c1-2-16-11(12)9-7-5-3-4-6-8-10-17(13,14)15/h2-10H2,1H3,(H,13,14,15). The normalized spacial score (nSPS) is 11.4. The average Bonchev–Trinajstić information content (AvgIpc) is 2.21. The van der Waals surface area contributed by atoms with Crippen LogP contribution in [0.1, 0.15) is 51.9 Å². The zero-order valence-corrected chi connectivity index (χ0v) is 11.2. The van der Waals surface area contributed by atoms with E-state index in [0.717, 1.165) is 32.1 Å². The molecule has 0 saturated carbocycles. The van der Waals surface area contributed by atoms with Gasteiger partial charge in [0.15, 0.2) is 0 Å². The summed E-state index contributed by atoms with van der Waals surface area (Å²) in [6.45, 7) is 2.21. The first-order chi connectivity index (χ1) is 7.95. The lowest BCUT2D eigenvalue weighted by atomic mass is 10.1. The van der Waals surface area contributed by atoms with Crippen molar-refractivity contribution in [3.8, 4) is 0 Å². The molecule has 0 amide bonds. The molecule has 0 aliphatic carbocycles. The van der Waals surface area contributed by atoms with Gasteiger partial charge in [-0.15, -0.1) is 0 Å². The van der Waals surface area contributed by atoms with Gasteiger partial charge in [-0.25, -0.2) is 0 Å². The highest BCUT2D eigenvalue weighted by Crippen LogP contribution is 2.08. The average molecular weight is 266 g/mol. The Morgan fingerprint density at radius 2 is 1.59 bits per heavy atom. The molecule has 0 rings (SSSR count). The molecule has 5 nitrogen and oxygen atoms in total. The van der Waals surface area contributed by atoms with Gasteiger partial charge in [0.25, 0.3) is 10.1 Å². The predicted molar refractivity (Wildman–Crippen MR) is 65.4 cm³/mol. The molecule has 0 unspecified atom stereocenters. The van der Waals surface area contributed by atoms with E-state index in [1.54, 1.807) is 6.92 Å². The van der Waals surface area contributed by atoms with Crippen LogP contribution in [0.2, 0.25) is 0 Å². The van der Waals surface area contributed by atoms with E-state index in [4.69, 9.17) is 9.29 Å². The van der Waals surface area contributed by atoms with Crippen LogP contribution in [0.4, 0.5) is 0 Å². The molecule has 0 aromatic carbocycles. The maximum Gasteiger partial charge on any atom is 0.305 e. The number of carbonyl (C=O) groups excluding carboxylic acids is 1. The van der Waals surface area contributed by atoms with Crippen LogP contribution in [0.15, 0.2) is 0 Å². The molecule has 0 radical (unpaired) electrons. The van der Waals surface area contributed by atoms with E-state index in [9.17, 15) is 13.2 Å². The summed E-state index contributed by atoms with van der Waals surface area (Å²) in [5.41, 5.74) is 0. The SMILES string of the molecule is CCOC(=O)CCCCCCCCS(=O)(=O)O. The molecule has 0 fully saturated rings. The van der Waals surface area contributed by atoms with Crippen molar-refractivity contribution < 1.29 is 22.5 Å². The number of rotatable bonds is 10. The van der Waals surface area contributed by atoms with E-state index in [1.807, 2.05) is 0 Å². The summed E-state index contributed by atoms with van der Waals surface area (Å²) in [5.74, 6) is -0.311. The second-order valence-electron chi connectivity index (χ2n) is 3.96. The van der Waals surface area contributed by atoms with E-state index in [-0.39, 0.29) is 11.7 Å². The van der Waals surface area contributed by atoms with Gasteiger partial charge >= 0.3 is 5.97 Å². The van der Waals surface area contributed by atoms with E-state index in [2.05, 4.69) is 0 Å². The third kappa shape index (κ3) is 13.3. The zero-order valence-electron chi connectivity index (χ0n) is 10.4. The van der Waals surface area contributed by atoms with Crippen LogP contribution in [-0.2, 0) is 19.6 Å². The molecule has 0 bridgehead atoms. The van der Waals surface area contributed by atoms with Crippen molar-refractivity contribution in [1.29, 1.82) is 0 Å². The van der Waals surface area contributed by atoms with Crippen LogP contribution >= 0.6 is 0 Å². The summed E-state index contributed by atoms with van der Waals surface area (Å²) in [6, 6.07) is 0. The lowest BCUT2D eigenvalue weighted by molar-refractivity contribution is -0.143. The molecule has 0 aliphatic rings. The quantitative estimate of drug-likeness (QED) is 0.372. The summed E-state index contributed by atoms with van der Waals surface area (Å²) in [7, 11) is -3.80. The van der Waals surface area contributed by atoms with Gasteiger partial charge < -0.3 is 4.74 Å². The summed E-state index contributed by atoms with van der Waals surface area (Å²) >= 11 is 0. The summed E-state index contributed by atoms with van der Waals surface area (Å²) in [4.78, 5) is 11.0. The minimum atomic E-state index is -3.80. The monoisotopic (exact) mass is 266 g/mol. The van der Waals surface area contributed by atoms with Gasteiger partial charge in [-0.1, -0.05) is 25.7 Å². The van der Waals surface area contributed by atoms with E-state index in [1.165, 1.54) is 0 Å². The molecule has 102 valence electrons. The van der Waals surface area contributed by atoms with Gasteiger partial charge in [0.05, 0.1) is 12.4 Å². The third-order valence-electron chi connectivity index (χ3n) is 2.34. The van der Waals surface area contributed by atoms with Crippen LogP contribution in [0.25, 0.3) is 0 Å². The van der Waals surface area contributed by atoms with E-state index in [0.29, 0.717) is 19.4 Å². The van der Waals surface area contributed by atoms with Crippen molar-refractivity contribution in [2.45, 2.75) is 51.9 Å². The number of hydrogen-bond acceptors (Lipinski definition) is 4. The molecule has 17 heavy (non-hydrogen) atoms. The van der Waals surface area contributed by atoms with Crippen molar-refractivity contribution in [2.75, 3.05) is 12.4 Å². The highest BCUT2D eigenvalue weighted by molar-refractivity contribution is 7.85. The number of ether oxygens (including phenoxy) is 1. The van der Waals surface area contributed by atoms with Crippen LogP contribution in [0, 0.1) is 0 Å². The van der Waals surface area contributed by atoms with Crippen molar-refractivity contribution >= 4 is 16.1 Å². The van der Waals surface area contributed by atoms with Gasteiger partial charge in [-0.3, -0.25) is 9.35 Å². The van der Waals surface area contributed by atoms with Crippen LogP contribution in [0.3, 0.4) is 0 Å². The Hall–Kier alpha value is -0.620. The molecule has 0 atom stereocenters. The predicted octanol–water partition coefficient (Wildman–Crippen LogP) is 2.17. The molecule has 1 N–H and O–H groups in total. The zero-order chi connectivity index (χ0) is 13.1. The van der Waals surface area contributed by atoms with Crippen molar-refractivity contribution in [3.05, 3.63) is 0 Å². The molecular weight excluding hydrogens is 244 g/mol. The maximum atomic E-state index is 11.0. The van der Waals surface area contributed by atoms with Crippen LogP contribution < -0.4 is 0 Å². The number of unbranched alkanes of at least 4 members (excludes halogenated alkanes) is 5. The third-order valence-corrected chi connectivity index (χ3v) is 3.14. The van der Waals surface area contributed by atoms with Gasteiger partial charge in [0, 0.05) is 6.42 Å². The lowest BCUT2D eigenvalue weighted by Crippen LogP contribution is -2.03. The Bertz CT molecular complexity index is 297. The second-order valence-corrected chi connectivity index (χ2v) is 5.53. The highest BCUT2D eigenvalue weighted by Gasteiger charge is 2.03. The molecule has 0 saturated heterocycles. The Balaban J connectivity index is 3.22. The Kier molecular flexibility index (Phi) is 9.07. The fourth-order valence-corrected chi connectivity index (χ4v) is 2.06. The topological polar surface area (TPSA) is 80.7 Å². The highest BCUT2D eigenvalue weighted by atomic mass is 32.2. The minimum absolute atomic E-state index is 0.154. The first-order valence-electron chi connectivity index (χ1n) is 6.06. The van der Waals surface area contributed by atoms with Crippen LogP contribution in [-0.4, -0.2) is 31.3 Å². The molecule has 0 heterocycles. The maximum absolute atomic E-state index is 11.0. The summed E-state index contributed by atoms with van der Waals surface area (Å²) in [5, 5.41) is 0. The first-order valence-corrected chi connectivity index (χ1v) is 7.67. The van der Waals surface area contributed by atoms with Gasteiger partial charge in [0.1, 0.15) is 0 Å². The van der Waals surface area contributed by atoms with E-state index >= 15 is 0 Å². The fraction of sp³-hybridized carbons (Fsp3) is 0.909. The fourth-order valence-electron chi connectivity index (χ4n) is 1.49. The minimum Gasteiger partial charge on any atom is -0.466 e. The molecule has 0 aliphatic heterocycles. The molecule has 0 aromatic heterocycles. The molecule has 0 spiro atoms. The van der Waals surface area contributed by atoms with Crippen molar-refractivity contribution in [1.82, 2.24) is 0 Å². The van der Waals surface area contributed by atoms with Gasteiger partial charge in [-0.2, -0.15) is 8.42 Å². The Labute approximate surface area is 103 Å².